The van der Waals surface area contributed by atoms with Gasteiger partial charge in [-0.15, -0.1) is 0 Å². The average Bonchev–Trinajstić information content (AvgIpc) is 3.26. The first-order chi connectivity index (χ1) is 20.4. The number of ether oxygens (including phenoxy) is 1. The lowest BCUT2D eigenvalue weighted by Crippen LogP contribution is -2.54. The predicted molar refractivity (Wildman–Crippen MR) is 161 cm³/mol. The SMILES string of the molecule is C[C@]12C[C@H](O)[C@H]3[C@@H](CCC4=CC(=O)C=C[C@@]43C)[C@@H]1C[C@](O[C@H](O)c1ccc(Cc3cccc(N)c3)c(O)c1)(C(=O)CO)C2. The second kappa shape index (κ2) is 10.7. The summed E-state index contributed by atoms with van der Waals surface area (Å²) in [6, 6.07) is 12.2. The number of carbonyl (C=O) groups is 2. The summed E-state index contributed by atoms with van der Waals surface area (Å²) < 4.78 is 6.25. The fraction of sp³-hybridized carbons (Fsp3) is 0.486. The highest BCUT2D eigenvalue weighted by Crippen LogP contribution is 2.67. The number of ketones is 2. The Balaban J connectivity index is 1.26. The van der Waals surface area contributed by atoms with Gasteiger partial charge in [-0.25, -0.2) is 0 Å². The monoisotopic (exact) mass is 587 g/mol. The van der Waals surface area contributed by atoms with Crippen LogP contribution in [0, 0.1) is 28.6 Å². The third-order valence-corrected chi connectivity index (χ3v) is 11.0. The Morgan fingerprint density at radius 3 is 2.67 bits per heavy atom. The molecule has 4 aliphatic carbocycles. The first-order valence-corrected chi connectivity index (χ1v) is 15.2. The number of aliphatic hydroxyl groups excluding tert-OH is 3. The standard InChI is InChI=1S/C35H41NO7/c1-33-17-29(40)31-26(9-8-23-15-25(38)10-11-34(23,31)2)27(33)16-35(19-33,30(41)18-37)43-32(42)22-7-6-21(28(39)14-22)12-20-4-3-5-24(36)13-20/h3-7,10-11,13-15,26-27,29,31-32,37,39-40,42H,8-9,12,16-19,36H2,1-2H3/t26-,27-,29-,31+,32-,33+,34-,35+/m0/s1. The zero-order valence-electron chi connectivity index (χ0n) is 24.7. The van der Waals surface area contributed by atoms with Crippen molar-refractivity contribution in [1.82, 2.24) is 0 Å². The Morgan fingerprint density at radius 2 is 1.95 bits per heavy atom. The van der Waals surface area contributed by atoms with E-state index in [1.807, 2.05) is 24.3 Å². The van der Waals surface area contributed by atoms with Crippen LogP contribution in [-0.4, -0.2) is 50.3 Å². The summed E-state index contributed by atoms with van der Waals surface area (Å²) in [5.41, 5.74) is 7.09. The van der Waals surface area contributed by atoms with E-state index >= 15 is 0 Å². The number of nitrogen functional groups attached to an aromatic ring is 1. The van der Waals surface area contributed by atoms with Crippen LogP contribution in [0.5, 0.6) is 5.75 Å². The summed E-state index contributed by atoms with van der Waals surface area (Å²) in [4.78, 5) is 25.6. The topological polar surface area (TPSA) is 150 Å². The Kier molecular flexibility index (Phi) is 7.40. The van der Waals surface area contributed by atoms with Gasteiger partial charge in [0, 0.05) is 29.0 Å². The minimum absolute atomic E-state index is 0.00194. The second-order valence-corrected chi connectivity index (χ2v) is 13.7. The molecule has 0 unspecified atom stereocenters. The van der Waals surface area contributed by atoms with Crippen LogP contribution in [0.25, 0.3) is 0 Å². The molecule has 2 aromatic carbocycles. The molecule has 8 nitrogen and oxygen atoms in total. The number of fused-ring (bicyclic) bond motifs is 5. The van der Waals surface area contributed by atoms with Crippen molar-refractivity contribution in [2.24, 2.45) is 28.6 Å². The summed E-state index contributed by atoms with van der Waals surface area (Å²) in [6.45, 7) is 3.44. The molecule has 2 aromatic rings. The lowest BCUT2D eigenvalue weighted by molar-refractivity contribution is -0.198. The summed E-state index contributed by atoms with van der Waals surface area (Å²) >= 11 is 0. The predicted octanol–water partition coefficient (Wildman–Crippen LogP) is 4.15. The summed E-state index contributed by atoms with van der Waals surface area (Å²) in [5, 5.41) is 43.7. The van der Waals surface area contributed by atoms with Crippen LogP contribution in [0.4, 0.5) is 5.69 Å². The van der Waals surface area contributed by atoms with Crippen LogP contribution in [0.15, 0.2) is 66.3 Å². The third-order valence-electron chi connectivity index (χ3n) is 11.0. The van der Waals surface area contributed by atoms with E-state index in [0.717, 1.165) is 24.0 Å². The number of rotatable bonds is 7. The number of phenolic OH excluding ortho intramolecular Hbond substituents is 1. The first kappa shape index (κ1) is 29.8. The number of aliphatic hydroxyl groups is 3. The Morgan fingerprint density at radius 1 is 1.16 bits per heavy atom. The molecule has 0 heterocycles. The fourth-order valence-corrected chi connectivity index (χ4v) is 9.04. The van der Waals surface area contributed by atoms with Crippen molar-refractivity contribution in [2.75, 3.05) is 12.3 Å². The van der Waals surface area contributed by atoms with Crippen LogP contribution in [0.1, 0.15) is 68.9 Å². The van der Waals surface area contributed by atoms with Gasteiger partial charge in [-0.1, -0.05) is 49.8 Å². The molecule has 228 valence electrons. The maximum Gasteiger partial charge on any atom is 0.190 e. The average molecular weight is 588 g/mol. The lowest BCUT2D eigenvalue weighted by Gasteiger charge is -2.57. The molecule has 3 saturated carbocycles. The largest absolute Gasteiger partial charge is 0.508 e. The molecule has 43 heavy (non-hydrogen) atoms. The number of hydrogen-bond donors (Lipinski definition) is 5. The quantitative estimate of drug-likeness (QED) is 0.240. The first-order valence-electron chi connectivity index (χ1n) is 15.2. The molecule has 0 saturated heterocycles. The Bertz CT molecular complexity index is 1520. The van der Waals surface area contributed by atoms with Gasteiger partial charge in [0.1, 0.15) is 18.0 Å². The van der Waals surface area contributed by atoms with Gasteiger partial charge in [0.15, 0.2) is 17.9 Å². The molecule has 4 aliphatic rings. The number of nitrogens with two attached hydrogens (primary N) is 1. The highest BCUT2D eigenvalue weighted by atomic mass is 16.6. The zero-order valence-corrected chi connectivity index (χ0v) is 24.7. The number of carbonyl (C=O) groups excluding carboxylic acids is 2. The van der Waals surface area contributed by atoms with E-state index in [4.69, 9.17) is 10.5 Å². The number of anilines is 1. The molecule has 0 radical (unpaired) electrons. The molecule has 0 spiro atoms. The molecular formula is C35H41NO7. The minimum atomic E-state index is -1.52. The minimum Gasteiger partial charge on any atom is -0.508 e. The van der Waals surface area contributed by atoms with Crippen molar-refractivity contribution in [3.8, 4) is 5.75 Å². The molecule has 0 amide bonds. The normalized spacial score (nSPS) is 35.5. The number of hydrogen-bond acceptors (Lipinski definition) is 8. The number of benzene rings is 2. The van der Waals surface area contributed by atoms with Crippen LogP contribution in [0.3, 0.4) is 0 Å². The number of phenols is 1. The van der Waals surface area contributed by atoms with E-state index in [2.05, 4.69) is 13.8 Å². The van der Waals surface area contributed by atoms with Crippen LogP contribution < -0.4 is 5.73 Å². The fourth-order valence-electron chi connectivity index (χ4n) is 9.04. The lowest BCUT2D eigenvalue weighted by atomic mass is 9.47. The third kappa shape index (κ3) is 5.04. The van der Waals surface area contributed by atoms with Crippen molar-refractivity contribution in [3.63, 3.8) is 0 Å². The molecule has 6 N–H and O–H groups in total. The number of aromatic hydroxyl groups is 1. The highest BCUT2D eigenvalue weighted by molar-refractivity contribution is 6.01. The molecule has 8 atom stereocenters. The van der Waals surface area contributed by atoms with Crippen LogP contribution in [-0.2, 0) is 20.7 Å². The van der Waals surface area contributed by atoms with Gasteiger partial charge in [-0.2, -0.15) is 0 Å². The van der Waals surface area contributed by atoms with Gasteiger partial charge in [0.25, 0.3) is 0 Å². The number of allylic oxidation sites excluding steroid dienone is 4. The smallest absolute Gasteiger partial charge is 0.190 e. The van der Waals surface area contributed by atoms with Gasteiger partial charge in [0.05, 0.1) is 6.10 Å². The van der Waals surface area contributed by atoms with Crippen molar-refractivity contribution < 1.29 is 34.8 Å². The zero-order chi connectivity index (χ0) is 30.7. The van der Waals surface area contributed by atoms with Crippen molar-refractivity contribution in [3.05, 3.63) is 83.0 Å². The maximum absolute atomic E-state index is 13.4. The van der Waals surface area contributed by atoms with E-state index < -0.39 is 41.2 Å². The highest BCUT2D eigenvalue weighted by Gasteiger charge is 2.65. The molecule has 8 heteroatoms. The molecule has 0 aliphatic heterocycles. The molecule has 3 fully saturated rings. The van der Waals surface area contributed by atoms with Crippen molar-refractivity contribution >= 4 is 17.3 Å². The van der Waals surface area contributed by atoms with Gasteiger partial charge >= 0.3 is 0 Å². The van der Waals surface area contributed by atoms with E-state index in [-0.39, 0.29) is 35.7 Å². The van der Waals surface area contributed by atoms with Crippen LogP contribution >= 0.6 is 0 Å². The van der Waals surface area contributed by atoms with Crippen LogP contribution in [0.2, 0.25) is 0 Å². The number of Topliss-reactive ketones (excluding diaryl/α,β-unsaturated/α-hetero) is 1. The van der Waals surface area contributed by atoms with E-state index in [9.17, 15) is 30.0 Å². The molecule has 0 aromatic heterocycles. The molecule has 6 rings (SSSR count). The van der Waals surface area contributed by atoms with Crippen molar-refractivity contribution in [2.45, 2.75) is 70.4 Å². The van der Waals surface area contributed by atoms with E-state index in [1.54, 1.807) is 30.4 Å². The maximum atomic E-state index is 13.4. The van der Waals surface area contributed by atoms with E-state index in [1.165, 1.54) is 6.07 Å². The summed E-state index contributed by atoms with van der Waals surface area (Å²) in [7, 11) is 0. The summed E-state index contributed by atoms with van der Waals surface area (Å²) in [5.74, 6) is -0.590. The molecule has 0 bridgehead atoms. The Hall–Kier alpha value is -3.30. The van der Waals surface area contributed by atoms with Gasteiger partial charge < -0.3 is 30.9 Å². The molecular weight excluding hydrogens is 546 g/mol. The second-order valence-electron chi connectivity index (χ2n) is 13.7. The van der Waals surface area contributed by atoms with Gasteiger partial charge in [0.2, 0.25) is 0 Å². The summed E-state index contributed by atoms with van der Waals surface area (Å²) in [6.07, 6.45) is 6.06. The Labute approximate surface area is 251 Å². The van der Waals surface area contributed by atoms with Gasteiger partial charge in [-0.3, -0.25) is 9.59 Å². The van der Waals surface area contributed by atoms with E-state index in [0.29, 0.717) is 36.1 Å². The van der Waals surface area contributed by atoms with Gasteiger partial charge in [-0.05, 0) is 90.8 Å². The van der Waals surface area contributed by atoms with Crippen molar-refractivity contribution in [1.29, 1.82) is 0 Å².